The van der Waals surface area contributed by atoms with Gasteiger partial charge in [0.25, 0.3) is 0 Å². The average Bonchev–Trinajstić information content (AvgIpc) is 3.28. The lowest BCUT2D eigenvalue weighted by molar-refractivity contribution is -0.115. The number of rotatable bonds is 7. The summed E-state index contributed by atoms with van der Waals surface area (Å²) in [5.74, 6) is 0.781. The molecule has 1 amide bonds. The predicted octanol–water partition coefficient (Wildman–Crippen LogP) is 4.48. The third-order valence-corrected chi connectivity index (χ3v) is 5.84. The molecular formula is C18H20N4O2S2. The molecule has 0 aliphatic rings. The van der Waals surface area contributed by atoms with E-state index in [0.29, 0.717) is 11.7 Å². The lowest BCUT2D eigenvalue weighted by atomic mass is 10.1. The molecule has 0 saturated heterocycles. The number of hydrogen-bond acceptors (Lipinski definition) is 7. The molecule has 3 aromatic rings. The number of para-hydroxylation sites is 1. The number of carbonyl (C=O) groups is 1. The number of aryl methyl sites for hydroxylation is 2. The molecule has 0 aliphatic heterocycles. The minimum absolute atomic E-state index is 0.0484. The SMILES string of the molecule is Cc1cccc(C)c1NC(=O)[C@H](C)Sc1nnc(NCc2ccco2)s1. The molecule has 0 spiro atoms. The Balaban J connectivity index is 1.55. The van der Waals surface area contributed by atoms with Gasteiger partial charge in [-0.25, -0.2) is 0 Å². The normalized spacial score (nSPS) is 12.0. The molecule has 6 nitrogen and oxygen atoms in total. The highest BCUT2D eigenvalue weighted by atomic mass is 32.2. The van der Waals surface area contributed by atoms with Crippen LogP contribution in [-0.4, -0.2) is 21.4 Å². The lowest BCUT2D eigenvalue weighted by Crippen LogP contribution is -2.23. The summed E-state index contributed by atoms with van der Waals surface area (Å²) in [5.41, 5.74) is 2.98. The summed E-state index contributed by atoms with van der Waals surface area (Å²) in [6.45, 7) is 6.39. The molecule has 0 aliphatic carbocycles. The summed E-state index contributed by atoms with van der Waals surface area (Å²) >= 11 is 2.82. The maximum absolute atomic E-state index is 12.5. The fourth-order valence-electron chi connectivity index (χ4n) is 2.35. The van der Waals surface area contributed by atoms with E-state index in [9.17, 15) is 4.79 Å². The van der Waals surface area contributed by atoms with Crippen molar-refractivity contribution >= 4 is 39.8 Å². The zero-order valence-electron chi connectivity index (χ0n) is 14.8. The van der Waals surface area contributed by atoms with Crippen LogP contribution in [0.5, 0.6) is 0 Å². The first-order valence-electron chi connectivity index (χ1n) is 8.16. The van der Waals surface area contributed by atoms with Crippen LogP contribution in [0.2, 0.25) is 0 Å². The maximum atomic E-state index is 12.5. The van der Waals surface area contributed by atoms with Crippen LogP contribution in [0.3, 0.4) is 0 Å². The minimum Gasteiger partial charge on any atom is -0.467 e. The summed E-state index contributed by atoms with van der Waals surface area (Å²) in [6, 6.07) is 9.69. The van der Waals surface area contributed by atoms with Crippen molar-refractivity contribution in [3.63, 3.8) is 0 Å². The first-order chi connectivity index (χ1) is 12.5. The number of anilines is 2. The number of furan rings is 1. The third kappa shape index (κ3) is 4.64. The Bertz CT molecular complexity index is 857. The van der Waals surface area contributed by atoms with E-state index in [1.54, 1.807) is 6.26 Å². The molecule has 0 radical (unpaired) electrons. The number of hydrogen-bond donors (Lipinski definition) is 2. The Kier molecular flexibility index (Phi) is 5.95. The largest absolute Gasteiger partial charge is 0.467 e. The number of benzene rings is 1. The fraction of sp³-hybridized carbons (Fsp3) is 0.278. The predicted molar refractivity (Wildman–Crippen MR) is 106 cm³/mol. The Morgan fingerprint density at radius 1 is 1.23 bits per heavy atom. The molecule has 0 saturated carbocycles. The molecule has 1 atom stereocenters. The average molecular weight is 389 g/mol. The number of amides is 1. The Hall–Kier alpha value is -2.32. The van der Waals surface area contributed by atoms with Gasteiger partial charge < -0.3 is 15.1 Å². The lowest BCUT2D eigenvalue weighted by Gasteiger charge is -2.14. The third-order valence-electron chi connectivity index (χ3n) is 3.78. The number of nitrogens with one attached hydrogen (secondary N) is 2. The van der Waals surface area contributed by atoms with Crippen LogP contribution in [0, 0.1) is 13.8 Å². The van der Waals surface area contributed by atoms with Crippen molar-refractivity contribution in [1.82, 2.24) is 10.2 Å². The Labute approximate surface area is 160 Å². The van der Waals surface area contributed by atoms with Gasteiger partial charge in [0.15, 0.2) is 4.34 Å². The first kappa shape index (κ1) is 18.5. The molecule has 1 aromatic carbocycles. The molecule has 0 fully saturated rings. The second-order valence-corrected chi connectivity index (χ2v) is 8.39. The first-order valence-corrected chi connectivity index (χ1v) is 9.86. The van der Waals surface area contributed by atoms with Gasteiger partial charge >= 0.3 is 0 Å². The van der Waals surface area contributed by atoms with Crippen molar-refractivity contribution < 1.29 is 9.21 Å². The van der Waals surface area contributed by atoms with E-state index in [2.05, 4.69) is 20.8 Å². The van der Waals surface area contributed by atoms with Crippen molar-refractivity contribution in [1.29, 1.82) is 0 Å². The number of aromatic nitrogens is 2. The standard InChI is InChI=1S/C18H20N4O2S2/c1-11-6-4-7-12(2)15(11)20-16(23)13(3)25-18-22-21-17(26-18)19-10-14-8-5-9-24-14/h4-9,13H,10H2,1-3H3,(H,19,21)(H,20,23)/t13-/m0/s1. The van der Waals surface area contributed by atoms with E-state index in [4.69, 9.17) is 4.42 Å². The summed E-state index contributed by atoms with van der Waals surface area (Å²) < 4.78 is 6.02. The van der Waals surface area contributed by atoms with Gasteiger partial charge in [0, 0.05) is 5.69 Å². The van der Waals surface area contributed by atoms with Crippen LogP contribution < -0.4 is 10.6 Å². The second kappa shape index (κ2) is 8.37. The van der Waals surface area contributed by atoms with Crippen LogP contribution in [0.15, 0.2) is 45.4 Å². The zero-order valence-corrected chi connectivity index (χ0v) is 16.4. The van der Waals surface area contributed by atoms with Crippen molar-refractivity contribution in [2.75, 3.05) is 10.6 Å². The number of carbonyl (C=O) groups excluding carboxylic acids is 1. The van der Waals surface area contributed by atoms with Crippen LogP contribution in [0.4, 0.5) is 10.8 Å². The van der Waals surface area contributed by atoms with Crippen LogP contribution in [0.1, 0.15) is 23.8 Å². The summed E-state index contributed by atoms with van der Waals surface area (Å²) in [6.07, 6.45) is 1.63. The monoisotopic (exact) mass is 388 g/mol. The highest BCUT2D eigenvalue weighted by Gasteiger charge is 2.18. The van der Waals surface area contributed by atoms with E-state index in [1.807, 2.05) is 51.1 Å². The second-order valence-electron chi connectivity index (χ2n) is 5.82. The van der Waals surface area contributed by atoms with E-state index in [1.165, 1.54) is 23.1 Å². The van der Waals surface area contributed by atoms with Crippen molar-refractivity contribution in [3.05, 3.63) is 53.5 Å². The van der Waals surface area contributed by atoms with E-state index >= 15 is 0 Å². The highest BCUT2D eigenvalue weighted by Crippen LogP contribution is 2.30. The molecule has 0 bridgehead atoms. The van der Waals surface area contributed by atoms with Gasteiger partial charge in [-0.05, 0) is 44.0 Å². The van der Waals surface area contributed by atoms with Gasteiger partial charge in [-0.1, -0.05) is 41.3 Å². The van der Waals surface area contributed by atoms with Crippen LogP contribution >= 0.6 is 23.1 Å². The summed E-state index contributed by atoms with van der Waals surface area (Å²) in [5, 5.41) is 14.8. The van der Waals surface area contributed by atoms with Gasteiger partial charge in [0.05, 0.1) is 18.1 Å². The van der Waals surface area contributed by atoms with E-state index < -0.39 is 0 Å². The Morgan fingerprint density at radius 3 is 2.69 bits per heavy atom. The van der Waals surface area contributed by atoms with E-state index in [-0.39, 0.29) is 11.2 Å². The number of nitrogens with zero attached hydrogens (tertiary/aromatic N) is 2. The van der Waals surface area contributed by atoms with Gasteiger partial charge in [0.2, 0.25) is 11.0 Å². The summed E-state index contributed by atoms with van der Waals surface area (Å²) in [7, 11) is 0. The topological polar surface area (TPSA) is 80.0 Å². The molecule has 8 heteroatoms. The molecular weight excluding hydrogens is 368 g/mol. The van der Waals surface area contributed by atoms with Crippen molar-refractivity contribution in [2.24, 2.45) is 0 Å². The molecule has 136 valence electrons. The number of thioether (sulfide) groups is 1. The minimum atomic E-state index is -0.278. The van der Waals surface area contributed by atoms with Crippen molar-refractivity contribution in [2.45, 2.75) is 36.9 Å². The van der Waals surface area contributed by atoms with Crippen molar-refractivity contribution in [3.8, 4) is 0 Å². The van der Waals surface area contributed by atoms with Crippen LogP contribution in [-0.2, 0) is 11.3 Å². The quantitative estimate of drug-likeness (QED) is 0.581. The molecule has 2 heterocycles. The fourth-order valence-corrected chi connectivity index (χ4v) is 4.24. The van der Waals surface area contributed by atoms with Gasteiger partial charge in [0.1, 0.15) is 5.76 Å². The zero-order chi connectivity index (χ0) is 18.5. The smallest absolute Gasteiger partial charge is 0.237 e. The van der Waals surface area contributed by atoms with E-state index in [0.717, 1.165) is 26.9 Å². The highest BCUT2D eigenvalue weighted by molar-refractivity contribution is 8.02. The van der Waals surface area contributed by atoms with Gasteiger partial charge in [-0.15, -0.1) is 10.2 Å². The van der Waals surface area contributed by atoms with Gasteiger partial charge in [-0.3, -0.25) is 4.79 Å². The van der Waals surface area contributed by atoms with Gasteiger partial charge in [-0.2, -0.15) is 0 Å². The molecule has 26 heavy (non-hydrogen) atoms. The van der Waals surface area contributed by atoms with Crippen LogP contribution in [0.25, 0.3) is 0 Å². The Morgan fingerprint density at radius 2 is 2.00 bits per heavy atom. The molecule has 2 N–H and O–H groups in total. The maximum Gasteiger partial charge on any atom is 0.237 e. The molecule has 2 aromatic heterocycles. The summed E-state index contributed by atoms with van der Waals surface area (Å²) in [4.78, 5) is 12.5. The molecule has 0 unspecified atom stereocenters. The molecule has 3 rings (SSSR count).